The fourth-order valence-corrected chi connectivity index (χ4v) is 1.95. The first-order chi connectivity index (χ1) is 7.35. The lowest BCUT2D eigenvalue weighted by molar-refractivity contribution is -0.141. The molecular weight excluding hydrogens is 239 g/mol. The fourth-order valence-electron chi connectivity index (χ4n) is 1.62. The van der Waals surface area contributed by atoms with E-state index in [1.165, 1.54) is 11.5 Å². The summed E-state index contributed by atoms with van der Waals surface area (Å²) in [6.45, 7) is 3.44. The third-order valence-corrected chi connectivity index (χ3v) is 2.51. The van der Waals surface area contributed by atoms with Crippen LogP contribution in [0.25, 0.3) is 0 Å². The maximum absolute atomic E-state index is 12.3. The van der Waals surface area contributed by atoms with E-state index in [1.807, 2.05) is 6.92 Å². The molecule has 0 aliphatic heterocycles. The minimum absolute atomic E-state index is 0.250. The molecule has 1 unspecified atom stereocenters. The van der Waals surface area contributed by atoms with E-state index in [0.717, 1.165) is 6.42 Å². The molecule has 0 spiro atoms. The molecule has 0 aromatic carbocycles. The zero-order valence-electron chi connectivity index (χ0n) is 9.14. The molecule has 1 heterocycles. The molecule has 0 aliphatic carbocycles. The number of nitrogens with one attached hydrogen (secondary N) is 1. The Morgan fingerprint density at radius 2 is 2.12 bits per heavy atom. The Morgan fingerprint density at radius 1 is 1.50 bits per heavy atom. The first-order valence-corrected chi connectivity index (χ1v) is 5.48. The van der Waals surface area contributed by atoms with Crippen LogP contribution < -0.4 is 0 Å². The van der Waals surface area contributed by atoms with E-state index >= 15 is 0 Å². The first-order valence-electron chi connectivity index (χ1n) is 5.07. The van der Waals surface area contributed by atoms with Gasteiger partial charge in [-0.05, 0) is 25.6 Å². The molecule has 1 aromatic heterocycles. The largest absolute Gasteiger partial charge is 0.391 e. The summed E-state index contributed by atoms with van der Waals surface area (Å²) >= 11 is 4.93. The molecule has 0 aliphatic rings. The van der Waals surface area contributed by atoms with Crippen LogP contribution in [0.5, 0.6) is 0 Å². The van der Waals surface area contributed by atoms with Gasteiger partial charge >= 0.3 is 6.18 Å². The lowest BCUT2D eigenvalue weighted by Crippen LogP contribution is -2.18. The number of aromatic nitrogens is 3. The Labute approximate surface area is 96.7 Å². The lowest BCUT2D eigenvalue weighted by atomic mass is 10.2. The van der Waals surface area contributed by atoms with Gasteiger partial charge in [-0.2, -0.15) is 18.3 Å². The number of aromatic amines is 1. The van der Waals surface area contributed by atoms with Gasteiger partial charge in [0.1, 0.15) is 5.82 Å². The summed E-state index contributed by atoms with van der Waals surface area (Å²) in [6, 6.07) is -0.715. The monoisotopic (exact) mass is 253 g/mol. The van der Waals surface area contributed by atoms with Gasteiger partial charge in [-0.15, -0.1) is 0 Å². The van der Waals surface area contributed by atoms with Gasteiger partial charge in [0.15, 0.2) is 4.77 Å². The maximum Gasteiger partial charge on any atom is 0.391 e. The van der Waals surface area contributed by atoms with Crippen molar-refractivity contribution < 1.29 is 13.2 Å². The standard InChI is InChI=1S/C9H14F3N3S/c1-3-4-7-13-14-8(16)15(7)6(2)5-9(10,11)12/h6H,3-5H2,1-2H3,(H,14,16). The minimum atomic E-state index is -4.19. The smallest absolute Gasteiger partial charge is 0.301 e. The molecular formula is C9H14F3N3S. The summed E-state index contributed by atoms with van der Waals surface area (Å²) < 4.78 is 38.5. The van der Waals surface area contributed by atoms with Gasteiger partial charge < -0.3 is 4.57 Å². The number of hydrogen-bond acceptors (Lipinski definition) is 2. The van der Waals surface area contributed by atoms with Crippen molar-refractivity contribution in [2.75, 3.05) is 0 Å². The van der Waals surface area contributed by atoms with Crippen LogP contribution in [0.2, 0.25) is 0 Å². The highest BCUT2D eigenvalue weighted by Gasteiger charge is 2.31. The van der Waals surface area contributed by atoms with Crippen molar-refractivity contribution in [2.24, 2.45) is 0 Å². The highest BCUT2D eigenvalue weighted by Crippen LogP contribution is 2.28. The Balaban J connectivity index is 2.93. The Hall–Kier alpha value is -0.850. The van der Waals surface area contributed by atoms with Crippen molar-refractivity contribution >= 4 is 12.2 Å². The van der Waals surface area contributed by atoms with Crippen LogP contribution in [-0.4, -0.2) is 20.9 Å². The Kier molecular flexibility index (Phi) is 4.12. The number of hydrogen-bond donors (Lipinski definition) is 1. The van der Waals surface area contributed by atoms with Gasteiger partial charge in [-0.25, -0.2) is 0 Å². The summed E-state index contributed by atoms with van der Waals surface area (Å²) in [4.78, 5) is 0. The van der Waals surface area contributed by atoms with E-state index in [-0.39, 0.29) is 4.77 Å². The Bertz CT molecular complexity index is 393. The van der Waals surface area contributed by atoms with Crippen LogP contribution in [0, 0.1) is 4.77 Å². The lowest BCUT2D eigenvalue weighted by Gasteiger charge is -2.17. The number of rotatable bonds is 4. The minimum Gasteiger partial charge on any atom is -0.301 e. The maximum atomic E-state index is 12.3. The van der Waals surface area contributed by atoms with Crippen LogP contribution in [0.3, 0.4) is 0 Å². The zero-order chi connectivity index (χ0) is 12.3. The third kappa shape index (κ3) is 3.33. The van der Waals surface area contributed by atoms with Gasteiger partial charge in [-0.1, -0.05) is 6.92 Å². The quantitative estimate of drug-likeness (QED) is 0.834. The van der Waals surface area contributed by atoms with E-state index in [1.54, 1.807) is 0 Å². The van der Waals surface area contributed by atoms with E-state index in [2.05, 4.69) is 10.2 Å². The molecule has 3 nitrogen and oxygen atoms in total. The van der Waals surface area contributed by atoms with Crippen molar-refractivity contribution in [1.82, 2.24) is 14.8 Å². The average Bonchev–Trinajstić information content (AvgIpc) is 2.44. The molecule has 1 rings (SSSR count). The van der Waals surface area contributed by atoms with Crippen molar-refractivity contribution in [2.45, 2.75) is 45.3 Å². The predicted octanol–water partition coefficient (Wildman–Crippen LogP) is 3.41. The molecule has 0 saturated carbocycles. The molecule has 0 saturated heterocycles. The fraction of sp³-hybridized carbons (Fsp3) is 0.778. The van der Waals surface area contributed by atoms with Gasteiger partial charge in [0, 0.05) is 12.5 Å². The number of H-pyrrole nitrogens is 1. The molecule has 92 valence electrons. The molecule has 1 aromatic rings. The predicted molar refractivity (Wildman–Crippen MR) is 56.8 cm³/mol. The van der Waals surface area contributed by atoms with Crippen LogP contribution in [0.4, 0.5) is 13.2 Å². The third-order valence-electron chi connectivity index (χ3n) is 2.22. The highest BCUT2D eigenvalue weighted by atomic mass is 32.1. The van der Waals surface area contributed by atoms with E-state index in [0.29, 0.717) is 12.2 Å². The summed E-state index contributed by atoms with van der Waals surface area (Å²) in [5.41, 5.74) is 0. The average molecular weight is 253 g/mol. The second kappa shape index (κ2) is 4.99. The van der Waals surface area contributed by atoms with Crippen molar-refractivity contribution in [3.8, 4) is 0 Å². The number of nitrogens with zero attached hydrogens (tertiary/aromatic N) is 2. The van der Waals surface area contributed by atoms with Crippen molar-refractivity contribution in [1.29, 1.82) is 0 Å². The topological polar surface area (TPSA) is 33.6 Å². The molecule has 1 N–H and O–H groups in total. The molecule has 1 atom stereocenters. The van der Waals surface area contributed by atoms with E-state index in [4.69, 9.17) is 12.2 Å². The van der Waals surface area contributed by atoms with Gasteiger partial charge in [0.05, 0.1) is 6.42 Å². The van der Waals surface area contributed by atoms with Crippen LogP contribution in [-0.2, 0) is 6.42 Å². The number of alkyl halides is 3. The molecule has 0 radical (unpaired) electrons. The second-order valence-corrected chi connectivity index (χ2v) is 4.12. The summed E-state index contributed by atoms with van der Waals surface area (Å²) in [7, 11) is 0. The summed E-state index contributed by atoms with van der Waals surface area (Å²) in [5.74, 6) is 0.587. The zero-order valence-corrected chi connectivity index (χ0v) is 9.95. The molecule has 7 heteroatoms. The summed E-state index contributed by atoms with van der Waals surface area (Å²) in [6.07, 6.45) is -3.64. The molecule has 0 fully saturated rings. The van der Waals surface area contributed by atoms with Crippen molar-refractivity contribution in [3.05, 3.63) is 10.6 Å². The molecule has 0 amide bonds. The van der Waals surface area contributed by atoms with Crippen LogP contribution in [0.1, 0.15) is 38.6 Å². The SMILES string of the molecule is CCCc1n[nH]c(=S)n1C(C)CC(F)(F)F. The van der Waals surface area contributed by atoms with Gasteiger partial charge in [0.25, 0.3) is 0 Å². The Morgan fingerprint density at radius 3 is 2.62 bits per heavy atom. The van der Waals surface area contributed by atoms with Gasteiger partial charge in [-0.3, -0.25) is 5.10 Å². The van der Waals surface area contributed by atoms with E-state index in [9.17, 15) is 13.2 Å². The van der Waals surface area contributed by atoms with E-state index < -0.39 is 18.6 Å². The van der Waals surface area contributed by atoms with Crippen LogP contribution in [0.15, 0.2) is 0 Å². The van der Waals surface area contributed by atoms with Gasteiger partial charge in [0.2, 0.25) is 0 Å². The normalized spacial score (nSPS) is 14.1. The second-order valence-electron chi connectivity index (χ2n) is 3.73. The van der Waals surface area contributed by atoms with Crippen LogP contribution >= 0.6 is 12.2 Å². The highest BCUT2D eigenvalue weighted by molar-refractivity contribution is 7.71. The molecule has 0 bridgehead atoms. The summed E-state index contributed by atoms with van der Waals surface area (Å²) in [5, 5.41) is 6.47. The molecule has 16 heavy (non-hydrogen) atoms. The first kappa shape index (κ1) is 13.2. The van der Waals surface area contributed by atoms with Crippen molar-refractivity contribution in [3.63, 3.8) is 0 Å². The number of aryl methyl sites for hydroxylation is 1. The number of halogens is 3.